The predicted molar refractivity (Wildman–Crippen MR) is 117 cm³/mol. The summed E-state index contributed by atoms with van der Waals surface area (Å²) >= 11 is 0. The minimum Gasteiger partial charge on any atom is -0.389 e. The number of halogens is 7. The molecule has 0 radical (unpaired) electrons. The van der Waals surface area contributed by atoms with E-state index in [1.165, 1.54) is 31.2 Å². The smallest absolute Gasteiger partial charge is 0.389 e. The van der Waals surface area contributed by atoms with Gasteiger partial charge in [-0.05, 0) is 67.1 Å². The standard InChI is InChI=1S/C11H13F.C10H8F6O.2C2H6/c12-11-7-5-10(6-8-11)9-3-1-2-4-9;1-5(17)6-2-7(9(11,12)13)4-8(3-6)10(14,15)16;2*1-2/h5-9H,1-4H2;2-5,17H,1H3;2*1-2H3. The summed E-state index contributed by atoms with van der Waals surface area (Å²) in [5.41, 5.74) is -1.97. The minimum absolute atomic E-state index is 0.0197. The Hall–Kier alpha value is -2.09. The molecule has 0 heterocycles. The quantitative estimate of drug-likeness (QED) is 0.423. The molecule has 1 saturated carbocycles. The molecule has 0 amide bonds. The second-order valence-corrected chi connectivity index (χ2v) is 7.05. The van der Waals surface area contributed by atoms with Crippen LogP contribution in [-0.2, 0) is 12.4 Å². The average Bonchev–Trinajstić information content (AvgIpc) is 3.31. The van der Waals surface area contributed by atoms with Crippen LogP contribution in [0.15, 0.2) is 42.5 Å². The molecule has 188 valence electrons. The zero-order chi connectivity index (χ0) is 25.8. The summed E-state index contributed by atoms with van der Waals surface area (Å²) in [5.74, 6) is 0.572. The van der Waals surface area contributed by atoms with Gasteiger partial charge in [-0.3, -0.25) is 0 Å². The van der Waals surface area contributed by atoms with E-state index in [1.807, 2.05) is 39.8 Å². The highest BCUT2D eigenvalue weighted by atomic mass is 19.4. The zero-order valence-electron chi connectivity index (χ0n) is 19.6. The van der Waals surface area contributed by atoms with Crippen molar-refractivity contribution in [3.05, 3.63) is 70.5 Å². The first-order chi connectivity index (χ1) is 15.4. The molecule has 8 heteroatoms. The lowest BCUT2D eigenvalue weighted by Crippen LogP contribution is -2.12. The Balaban J connectivity index is 0.000000559. The van der Waals surface area contributed by atoms with Crippen molar-refractivity contribution in [2.45, 2.75) is 84.7 Å². The van der Waals surface area contributed by atoms with Crippen molar-refractivity contribution in [3.63, 3.8) is 0 Å². The van der Waals surface area contributed by atoms with Crippen LogP contribution in [0.3, 0.4) is 0 Å². The maximum atomic E-state index is 12.6. The van der Waals surface area contributed by atoms with Crippen LogP contribution in [0.1, 0.15) is 94.6 Å². The first kappa shape index (κ1) is 30.9. The minimum atomic E-state index is -4.88. The second-order valence-electron chi connectivity index (χ2n) is 7.05. The molecule has 3 rings (SSSR count). The van der Waals surface area contributed by atoms with E-state index in [9.17, 15) is 30.7 Å². The number of hydrogen-bond acceptors (Lipinski definition) is 1. The summed E-state index contributed by atoms with van der Waals surface area (Å²) in [7, 11) is 0. The SMILES string of the molecule is CC.CC.CC(O)c1cc(C(F)(F)F)cc(C(F)(F)F)c1.Fc1ccc(C2CCCC2)cc1. The van der Waals surface area contributed by atoms with Crippen LogP contribution in [0.2, 0.25) is 0 Å². The summed E-state index contributed by atoms with van der Waals surface area (Å²) in [4.78, 5) is 0. The van der Waals surface area contributed by atoms with Crippen LogP contribution >= 0.6 is 0 Å². The molecule has 0 saturated heterocycles. The molecular weight excluding hydrogens is 449 g/mol. The molecule has 0 aliphatic heterocycles. The van der Waals surface area contributed by atoms with Crippen molar-refractivity contribution in [2.24, 2.45) is 0 Å². The first-order valence-corrected chi connectivity index (χ1v) is 11.1. The van der Waals surface area contributed by atoms with Crippen LogP contribution in [0.25, 0.3) is 0 Å². The van der Waals surface area contributed by atoms with Crippen LogP contribution < -0.4 is 0 Å². The van der Waals surface area contributed by atoms with Gasteiger partial charge in [0.2, 0.25) is 0 Å². The van der Waals surface area contributed by atoms with Crippen LogP contribution in [0, 0.1) is 5.82 Å². The number of alkyl halides is 6. The molecule has 2 aromatic carbocycles. The number of benzene rings is 2. The third-order valence-corrected chi connectivity index (χ3v) is 4.79. The van der Waals surface area contributed by atoms with Gasteiger partial charge in [-0.25, -0.2) is 4.39 Å². The maximum Gasteiger partial charge on any atom is 0.416 e. The fourth-order valence-electron chi connectivity index (χ4n) is 3.21. The topological polar surface area (TPSA) is 20.2 Å². The predicted octanol–water partition coefficient (Wildman–Crippen LogP) is 9.31. The van der Waals surface area contributed by atoms with Gasteiger partial charge in [-0.15, -0.1) is 0 Å². The second kappa shape index (κ2) is 14.2. The Labute approximate surface area is 191 Å². The summed E-state index contributed by atoms with van der Waals surface area (Å²) in [6, 6.07) is 7.99. The number of aliphatic hydroxyl groups excluding tert-OH is 1. The van der Waals surface area contributed by atoms with Crippen LogP contribution in [0.5, 0.6) is 0 Å². The summed E-state index contributed by atoms with van der Waals surface area (Å²) in [6.45, 7) is 9.09. The van der Waals surface area contributed by atoms with E-state index >= 15 is 0 Å². The molecule has 0 aromatic heterocycles. The normalized spacial score (nSPS) is 14.7. The largest absolute Gasteiger partial charge is 0.416 e. The van der Waals surface area contributed by atoms with E-state index in [-0.39, 0.29) is 11.9 Å². The Morgan fingerprint density at radius 3 is 1.48 bits per heavy atom. The third kappa shape index (κ3) is 10.6. The fraction of sp³-hybridized carbons (Fsp3) is 0.520. The zero-order valence-corrected chi connectivity index (χ0v) is 19.6. The van der Waals surface area contributed by atoms with E-state index in [1.54, 1.807) is 12.1 Å². The summed E-state index contributed by atoms with van der Waals surface area (Å²) in [6.07, 6.45) is -5.93. The lowest BCUT2D eigenvalue weighted by molar-refractivity contribution is -0.143. The van der Waals surface area contributed by atoms with Gasteiger partial charge in [-0.2, -0.15) is 26.3 Å². The molecular formula is C25H33F7O. The molecule has 1 nitrogen and oxygen atoms in total. The Morgan fingerprint density at radius 1 is 0.758 bits per heavy atom. The van der Waals surface area contributed by atoms with Crippen molar-refractivity contribution in [1.29, 1.82) is 0 Å². The van der Waals surface area contributed by atoms with Crippen LogP contribution in [0.4, 0.5) is 30.7 Å². The van der Waals surface area contributed by atoms with Crippen molar-refractivity contribution < 1.29 is 35.8 Å². The molecule has 1 unspecified atom stereocenters. The fourth-order valence-corrected chi connectivity index (χ4v) is 3.21. The van der Waals surface area contributed by atoms with Crippen molar-refractivity contribution in [3.8, 4) is 0 Å². The van der Waals surface area contributed by atoms with Gasteiger partial charge >= 0.3 is 12.4 Å². The number of rotatable bonds is 2. The van der Waals surface area contributed by atoms with Gasteiger partial charge in [0.25, 0.3) is 0 Å². The van der Waals surface area contributed by atoms with Gasteiger partial charge in [0.05, 0.1) is 17.2 Å². The highest BCUT2D eigenvalue weighted by Crippen LogP contribution is 2.37. The highest BCUT2D eigenvalue weighted by Gasteiger charge is 2.37. The first-order valence-electron chi connectivity index (χ1n) is 11.1. The molecule has 1 aliphatic rings. The van der Waals surface area contributed by atoms with Gasteiger partial charge in [-0.1, -0.05) is 52.7 Å². The van der Waals surface area contributed by atoms with E-state index in [2.05, 4.69) is 0 Å². The lowest BCUT2D eigenvalue weighted by Gasteiger charge is -2.15. The van der Waals surface area contributed by atoms with E-state index in [0.29, 0.717) is 18.1 Å². The van der Waals surface area contributed by atoms with Crippen molar-refractivity contribution in [2.75, 3.05) is 0 Å². The highest BCUT2D eigenvalue weighted by molar-refractivity contribution is 5.34. The summed E-state index contributed by atoms with van der Waals surface area (Å²) in [5, 5.41) is 9.07. The number of hydrogen-bond donors (Lipinski definition) is 1. The molecule has 2 aromatic rings. The molecule has 1 N–H and O–H groups in total. The molecule has 1 atom stereocenters. The van der Waals surface area contributed by atoms with Crippen molar-refractivity contribution >= 4 is 0 Å². The van der Waals surface area contributed by atoms with Gasteiger partial charge in [0.1, 0.15) is 5.82 Å². The van der Waals surface area contributed by atoms with E-state index in [0.717, 1.165) is 6.92 Å². The monoisotopic (exact) mass is 482 g/mol. The molecule has 1 fully saturated rings. The number of aliphatic hydroxyl groups is 1. The summed E-state index contributed by atoms with van der Waals surface area (Å²) < 4.78 is 86.7. The van der Waals surface area contributed by atoms with Crippen LogP contribution in [-0.4, -0.2) is 5.11 Å². The Morgan fingerprint density at radius 2 is 1.15 bits per heavy atom. The van der Waals surface area contributed by atoms with Gasteiger partial charge in [0.15, 0.2) is 0 Å². The third-order valence-electron chi connectivity index (χ3n) is 4.79. The maximum absolute atomic E-state index is 12.6. The van der Waals surface area contributed by atoms with E-state index < -0.39 is 35.1 Å². The molecule has 0 bridgehead atoms. The van der Waals surface area contributed by atoms with E-state index in [4.69, 9.17) is 5.11 Å². The van der Waals surface area contributed by atoms with Gasteiger partial charge in [0, 0.05) is 0 Å². The Kier molecular flexibility index (Phi) is 13.3. The van der Waals surface area contributed by atoms with Gasteiger partial charge < -0.3 is 5.11 Å². The Bertz CT molecular complexity index is 756. The molecule has 0 spiro atoms. The molecule has 1 aliphatic carbocycles. The lowest BCUT2D eigenvalue weighted by atomic mass is 9.98. The molecule has 33 heavy (non-hydrogen) atoms. The average molecular weight is 483 g/mol. The van der Waals surface area contributed by atoms with Crippen molar-refractivity contribution in [1.82, 2.24) is 0 Å².